The molecule has 1 saturated heterocycles. The monoisotopic (exact) mass is 353 g/mol. The van der Waals surface area contributed by atoms with Crippen LogP contribution in [0.4, 0.5) is 4.39 Å². The Morgan fingerprint density at radius 3 is 2.46 bits per heavy atom. The topological polar surface area (TPSA) is 57.7 Å². The van der Waals surface area contributed by atoms with Crippen LogP contribution in [0.2, 0.25) is 0 Å². The highest BCUT2D eigenvalue weighted by atomic mass is 32.1. The molecule has 0 saturated carbocycles. The molecule has 0 spiro atoms. The van der Waals surface area contributed by atoms with E-state index in [0.717, 1.165) is 5.47 Å². The fourth-order valence-corrected chi connectivity index (χ4v) is 2.43. The Balaban J connectivity index is 2.34. The van der Waals surface area contributed by atoms with Gasteiger partial charge in [-0.2, -0.15) is 17.0 Å². The van der Waals surface area contributed by atoms with Gasteiger partial charge in [0.15, 0.2) is 0 Å². The molecule has 8 heteroatoms. The van der Waals surface area contributed by atoms with Gasteiger partial charge >= 0.3 is 13.1 Å². The first-order chi connectivity index (χ1) is 11.1. The molecular formula is C16H21BFNO4S. The normalized spacial score (nSPS) is 19.5. The molecule has 0 aromatic carbocycles. The van der Waals surface area contributed by atoms with Gasteiger partial charge < -0.3 is 14.0 Å². The minimum absolute atomic E-state index is 0.223. The Morgan fingerprint density at radius 1 is 1.38 bits per heavy atom. The van der Waals surface area contributed by atoms with E-state index in [-0.39, 0.29) is 5.56 Å². The van der Waals surface area contributed by atoms with Gasteiger partial charge in [0, 0.05) is 11.9 Å². The number of thiol groups is 1. The van der Waals surface area contributed by atoms with Crippen molar-refractivity contribution < 1.29 is 23.2 Å². The highest BCUT2D eigenvalue weighted by Gasteiger charge is 2.52. The maximum absolute atomic E-state index is 13.6. The number of halogens is 1. The lowest BCUT2D eigenvalue weighted by Gasteiger charge is -2.32. The average molecular weight is 353 g/mol. The number of esters is 1. The van der Waals surface area contributed by atoms with Crippen molar-refractivity contribution in [2.24, 2.45) is 0 Å². The fraction of sp³-hybridized carbons (Fsp3) is 0.500. The van der Waals surface area contributed by atoms with E-state index in [1.165, 1.54) is 19.4 Å². The van der Waals surface area contributed by atoms with E-state index in [1.54, 1.807) is 6.08 Å². The van der Waals surface area contributed by atoms with Crippen molar-refractivity contribution in [3.05, 3.63) is 34.8 Å². The lowest BCUT2D eigenvalue weighted by molar-refractivity contribution is 0.00578. The van der Waals surface area contributed by atoms with Gasteiger partial charge in [-0.1, -0.05) is 6.08 Å². The van der Waals surface area contributed by atoms with E-state index in [0.29, 0.717) is 11.3 Å². The summed E-state index contributed by atoms with van der Waals surface area (Å²) in [4.78, 5) is 15.2. The number of carbonyl (C=O) groups excluding carboxylic acids is 1. The molecule has 2 heterocycles. The standard InChI is InChI=1S/C16H21BFNO4S/c1-15(2)16(3,4)23-17(22-15)11(9-24)6-10-7-12(14(20)21-5)13(18)19-8-10/h6-8,24H,9H2,1-5H3. The van der Waals surface area contributed by atoms with Crippen molar-refractivity contribution in [3.63, 3.8) is 0 Å². The van der Waals surface area contributed by atoms with Crippen LogP contribution in [0.1, 0.15) is 43.6 Å². The number of nitrogens with zero attached hydrogens (tertiary/aromatic N) is 1. The number of methoxy groups -OCH3 is 1. The summed E-state index contributed by atoms with van der Waals surface area (Å²) < 4.78 is 30.2. The van der Waals surface area contributed by atoms with E-state index >= 15 is 0 Å². The molecule has 24 heavy (non-hydrogen) atoms. The predicted octanol–water partition coefficient (Wildman–Crippen LogP) is 2.95. The van der Waals surface area contributed by atoms with Crippen LogP contribution in [0, 0.1) is 5.95 Å². The molecule has 1 fully saturated rings. The number of aromatic nitrogens is 1. The van der Waals surface area contributed by atoms with Crippen molar-refractivity contribution in [3.8, 4) is 0 Å². The van der Waals surface area contributed by atoms with Gasteiger partial charge in [-0.3, -0.25) is 0 Å². The fourth-order valence-electron chi connectivity index (χ4n) is 2.19. The number of hydrogen-bond acceptors (Lipinski definition) is 6. The number of carbonyl (C=O) groups is 1. The van der Waals surface area contributed by atoms with Crippen LogP contribution in [0.15, 0.2) is 17.7 Å². The van der Waals surface area contributed by atoms with Crippen LogP contribution in [0.25, 0.3) is 6.08 Å². The molecule has 130 valence electrons. The largest absolute Gasteiger partial charge is 0.491 e. The van der Waals surface area contributed by atoms with E-state index in [4.69, 9.17) is 9.31 Å². The molecule has 0 amide bonds. The molecule has 0 aliphatic carbocycles. The summed E-state index contributed by atoms with van der Waals surface area (Å²) in [5, 5.41) is 0. The highest BCUT2D eigenvalue weighted by Crippen LogP contribution is 2.39. The summed E-state index contributed by atoms with van der Waals surface area (Å²) in [5.74, 6) is -1.28. The second-order valence-electron chi connectivity index (χ2n) is 6.56. The zero-order valence-electron chi connectivity index (χ0n) is 14.4. The summed E-state index contributed by atoms with van der Waals surface area (Å²) in [7, 11) is 0.618. The highest BCUT2D eigenvalue weighted by molar-refractivity contribution is 7.80. The summed E-state index contributed by atoms with van der Waals surface area (Å²) >= 11 is 4.33. The van der Waals surface area contributed by atoms with Crippen LogP contribution in [-0.4, -0.2) is 42.1 Å². The Morgan fingerprint density at radius 2 is 1.96 bits per heavy atom. The SMILES string of the molecule is COC(=O)c1cc(C=C(CS)B2OC(C)(C)C(C)(C)O2)cnc1F. The third-order valence-electron chi connectivity index (χ3n) is 4.36. The lowest BCUT2D eigenvalue weighted by Crippen LogP contribution is -2.41. The summed E-state index contributed by atoms with van der Waals surface area (Å²) in [6, 6.07) is 1.38. The van der Waals surface area contributed by atoms with Crippen LogP contribution in [0.3, 0.4) is 0 Å². The maximum Gasteiger partial charge on any atom is 0.491 e. The Bertz CT molecular complexity index is 662. The van der Waals surface area contributed by atoms with E-state index in [1.807, 2.05) is 27.7 Å². The first-order valence-electron chi connectivity index (χ1n) is 7.52. The molecular weight excluding hydrogens is 332 g/mol. The van der Waals surface area contributed by atoms with Gasteiger partial charge in [-0.05, 0) is 44.8 Å². The molecule has 0 radical (unpaired) electrons. The van der Waals surface area contributed by atoms with Crippen LogP contribution in [0.5, 0.6) is 0 Å². The second-order valence-corrected chi connectivity index (χ2v) is 6.88. The van der Waals surface area contributed by atoms with Crippen molar-refractivity contribution in [2.45, 2.75) is 38.9 Å². The number of ether oxygens (including phenoxy) is 1. The summed E-state index contributed by atoms with van der Waals surface area (Å²) in [5.41, 5.74) is 0.117. The molecule has 1 aliphatic rings. The minimum Gasteiger partial charge on any atom is -0.465 e. The maximum atomic E-state index is 13.6. The van der Waals surface area contributed by atoms with Gasteiger partial charge in [-0.25, -0.2) is 9.78 Å². The number of hydrogen-bond donors (Lipinski definition) is 1. The quantitative estimate of drug-likeness (QED) is 0.390. The van der Waals surface area contributed by atoms with E-state index in [9.17, 15) is 9.18 Å². The third-order valence-corrected chi connectivity index (χ3v) is 4.72. The Labute approximate surface area is 147 Å². The molecule has 1 aromatic rings. The summed E-state index contributed by atoms with van der Waals surface area (Å²) in [6.07, 6.45) is 3.06. The van der Waals surface area contributed by atoms with Crippen LogP contribution in [-0.2, 0) is 14.0 Å². The van der Waals surface area contributed by atoms with E-state index in [2.05, 4.69) is 22.3 Å². The lowest BCUT2D eigenvalue weighted by atomic mass is 9.78. The van der Waals surface area contributed by atoms with Gasteiger partial charge in [0.1, 0.15) is 5.56 Å². The van der Waals surface area contributed by atoms with Crippen molar-refractivity contribution in [1.29, 1.82) is 0 Å². The Kier molecular flexibility index (Phi) is 5.42. The van der Waals surface area contributed by atoms with Gasteiger partial charge in [-0.15, -0.1) is 0 Å². The third kappa shape index (κ3) is 3.65. The molecule has 5 nitrogen and oxygen atoms in total. The molecule has 2 rings (SSSR count). The van der Waals surface area contributed by atoms with Gasteiger partial charge in [0.2, 0.25) is 5.95 Å². The minimum atomic E-state index is -0.873. The Hall–Kier alpha value is -1.38. The van der Waals surface area contributed by atoms with Crippen molar-refractivity contribution in [1.82, 2.24) is 4.98 Å². The number of pyridine rings is 1. The number of rotatable bonds is 4. The first kappa shape index (κ1) is 19.0. The molecule has 1 aromatic heterocycles. The molecule has 0 bridgehead atoms. The van der Waals surface area contributed by atoms with Crippen molar-refractivity contribution in [2.75, 3.05) is 12.9 Å². The molecule has 0 unspecified atom stereocenters. The first-order valence-corrected chi connectivity index (χ1v) is 8.15. The van der Waals surface area contributed by atoms with Gasteiger partial charge in [0.05, 0.1) is 18.3 Å². The van der Waals surface area contributed by atoms with Gasteiger partial charge in [0.25, 0.3) is 0 Å². The van der Waals surface area contributed by atoms with Crippen LogP contribution >= 0.6 is 12.6 Å². The zero-order valence-corrected chi connectivity index (χ0v) is 15.3. The summed E-state index contributed by atoms with van der Waals surface area (Å²) in [6.45, 7) is 7.83. The van der Waals surface area contributed by atoms with Crippen LogP contribution < -0.4 is 0 Å². The zero-order chi connectivity index (χ0) is 18.1. The predicted molar refractivity (Wildman–Crippen MR) is 93.4 cm³/mol. The molecule has 0 N–H and O–H groups in total. The average Bonchev–Trinajstić information content (AvgIpc) is 2.73. The van der Waals surface area contributed by atoms with E-state index < -0.39 is 30.2 Å². The molecule has 1 aliphatic heterocycles. The molecule has 0 atom stereocenters. The smallest absolute Gasteiger partial charge is 0.465 e. The second kappa shape index (κ2) is 6.86. The van der Waals surface area contributed by atoms with Crippen molar-refractivity contribution >= 4 is 31.8 Å².